The molecule has 23 heteroatoms. The first kappa shape index (κ1) is 42.9. The molecule has 0 radical (unpaired) electrons. The van der Waals surface area contributed by atoms with Crippen molar-refractivity contribution in [2.45, 2.75) is 44.1 Å². The molecular weight excluding hydrogens is 812 g/mol. The molecule has 0 spiro atoms. The normalized spacial score (nSPS) is 19.7. The third-order valence-corrected chi connectivity index (χ3v) is 8.56. The number of esters is 5. The second kappa shape index (κ2) is 16.3. The molecule has 0 saturated carbocycles. The Labute approximate surface area is 333 Å². The summed E-state index contributed by atoms with van der Waals surface area (Å²) in [5, 5.41) is 120. The molecule has 0 amide bonds. The Morgan fingerprint density at radius 3 is 1.13 bits per heavy atom. The van der Waals surface area contributed by atoms with E-state index in [0.29, 0.717) is 48.5 Å². The van der Waals surface area contributed by atoms with Gasteiger partial charge in [0.1, 0.15) is 12.7 Å². The smallest absolute Gasteiger partial charge is 0.339 e. The molecule has 1 aliphatic rings. The second-order valence-corrected chi connectivity index (χ2v) is 12.9. The topological polar surface area (TPSA) is 383 Å². The van der Waals surface area contributed by atoms with Crippen LogP contribution in [0.3, 0.4) is 0 Å². The van der Waals surface area contributed by atoms with Gasteiger partial charge in [-0.1, -0.05) is 0 Å². The Balaban J connectivity index is 1.67. The van der Waals surface area contributed by atoms with Gasteiger partial charge < -0.3 is 89.7 Å². The van der Waals surface area contributed by atoms with Crippen LogP contribution in [-0.4, -0.2) is 128 Å². The SMILES string of the molecule is CC(=O)O[C@@]1(C)O[C@@H](COC(=O)c2cc(O)c(O)c(O)c2)C(OC(=O)c2cc(O)c(O)c(O)c2)[C@H](OC(=O)c2cc(O)c(O)c(O)c2)[C@@H]1OC(=O)c1cc(O)c(O)c(O)c1. The Morgan fingerprint density at radius 2 is 0.800 bits per heavy atom. The zero-order valence-electron chi connectivity index (χ0n) is 30.5. The molecule has 0 bridgehead atoms. The van der Waals surface area contributed by atoms with Gasteiger partial charge in [0.25, 0.3) is 5.79 Å². The van der Waals surface area contributed by atoms with Crippen LogP contribution in [-0.2, 0) is 33.2 Å². The summed E-state index contributed by atoms with van der Waals surface area (Å²) in [6, 6.07) is 4.95. The maximum Gasteiger partial charge on any atom is 0.339 e. The quantitative estimate of drug-likeness (QED) is 0.0613. The molecule has 1 unspecified atom stereocenters. The molecule has 4 aromatic carbocycles. The third-order valence-electron chi connectivity index (χ3n) is 8.56. The van der Waals surface area contributed by atoms with E-state index in [-0.39, 0.29) is 0 Å². The summed E-state index contributed by atoms with van der Waals surface area (Å²) in [5.74, 6) is -22.4. The largest absolute Gasteiger partial charge is 0.504 e. The first-order valence-electron chi connectivity index (χ1n) is 16.7. The van der Waals surface area contributed by atoms with E-state index in [9.17, 15) is 85.3 Å². The van der Waals surface area contributed by atoms with E-state index >= 15 is 0 Å². The lowest BCUT2D eigenvalue weighted by molar-refractivity contribution is -0.340. The summed E-state index contributed by atoms with van der Waals surface area (Å²) in [4.78, 5) is 66.8. The highest BCUT2D eigenvalue weighted by molar-refractivity contribution is 5.94. The van der Waals surface area contributed by atoms with E-state index in [1.165, 1.54) is 0 Å². The fourth-order valence-corrected chi connectivity index (χ4v) is 5.76. The molecule has 1 saturated heterocycles. The van der Waals surface area contributed by atoms with Gasteiger partial charge in [-0.15, -0.1) is 0 Å². The van der Waals surface area contributed by atoms with Crippen LogP contribution in [0.25, 0.3) is 0 Å². The molecule has 1 aliphatic heterocycles. The molecule has 23 nitrogen and oxygen atoms in total. The van der Waals surface area contributed by atoms with E-state index in [1.807, 2.05) is 0 Å². The van der Waals surface area contributed by atoms with Crippen molar-refractivity contribution in [3.05, 3.63) is 70.8 Å². The highest BCUT2D eigenvalue weighted by Crippen LogP contribution is 2.42. The molecular formula is C37H32O23. The van der Waals surface area contributed by atoms with Gasteiger partial charge >= 0.3 is 29.8 Å². The van der Waals surface area contributed by atoms with Gasteiger partial charge in [-0.05, 0) is 48.5 Å². The van der Waals surface area contributed by atoms with Crippen LogP contribution in [0.4, 0.5) is 0 Å². The molecule has 12 N–H and O–H groups in total. The van der Waals surface area contributed by atoms with Gasteiger partial charge in [0.2, 0.25) is 6.10 Å². The molecule has 5 rings (SSSR count). The fourth-order valence-electron chi connectivity index (χ4n) is 5.76. The van der Waals surface area contributed by atoms with Gasteiger partial charge in [-0.25, -0.2) is 19.2 Å². The van der Waals surface area contributed by atoms with E-state index in [4.69, 9.17) is 28.4 Å². The Morgan fingerprint density at radius 1 is 0.500 bits per heavy atom. The minimum Gasteiger partial charge on any atom is -0.504 e. The molecule has 1 fully saturated rings. The van der Waals surface area contributed by atoms with E-state index in [1.54, 1.807) is 0 Å². The maximum absolute atomic E-state index is 13.8. The number of aromatic hydroxyl groups is 12. The Kier molecular flexibility index (Phi) is 11.7. The first-order chi connectivity index (χ1) is 28.0. The molecule has 0 aromatic heterocycles. The van der Waals surface area contributed by atoms with Crippen molar-refractivity contribution in [3.8, 4) is 69.0 Å². The predicted molar refractivity (Wildman–Crippen MR) is 189 cm³/mol. The van der Waals surface area contributed by atoms with E-state index in [2.05, 4.69) is 0 Å². The number of hydrogen-bond donors (Lipinski definition) is 12. The van der Waals surface area contributed by atoms with E-state index < -0.39 is 158 Å². The lowest BCUT2D eigenvalue weighted by atomic mass is 9.92. The van der Waals surface area contributed by atoms with Gasteiger partial charge in [0.15, 0.2) is 81.2 Å². The number of phenolic OH excluding ortho intramolecular Hbond substituents is 12. The number of phenols is 12. The van der Waals surface area contributed by atoms with Crippen LogP contribution < -0.4 is 0 Å². The van der Waals surface area contributed by atoms with Crippen LogP contribution in [0.5, 0.6) is 69.0 Å². The van der Waals surface area contributed by atoms with Crippen molar-refractivity contribution < 1.29 is 114 Å². The molecule has 60 heavy (non-hydrogen) atoms. The minimum absolute atomic E-state index is 0.591. The summed E-state index contributed by atoms with van der Waals surface area (Å²) in [7, 11) is 0. The Bertz CT molecular complexity index is 2310. The lowest BCUT2D eigenvalue weighted by Gasteiger charge is -2.48. The Hall–Kier alpha value is -8.21. The van der Waals surface area contributed by atoms with Crippen LogP contribution >= 0.6 is 0 Å². The van der Waals surface area contributed by atoms with Crippen LogP contribution in [0.2, 0.25) is 0 Å². The highest BCUT2D eigenvalue weighted by atomic mass is 16.8. The van der Waals surface area contributed by atoms with Gasteiger partial charge in [-0.2, -0.15) is 0 Å². The van der Waals surface area contributed by atoms with Crippen molar-refractivity contribution in [2.24, 2.45) is 0 Å². The maximum atomic E-state index is 13.8. The van der Waals surface area contributed by atoms with Crippen molar-refractivity contribution in [1.82, 2.24) is 0 Å². The zero-order valence-corrected chi connectivity index (χ0v) is 30.5. The summed E-state index contributed by atoms with van der Waals surface area (Å²) in [6.45, 7) is 0.620. The average molecular weight is 845 g/mol. The summed E-state index contributed by atoms with van der Waals surface area (Å²) < 4.78 is 33.3. The number of hydrogen-bond acceptors (Lipinski definition) is 23. The summed E-state index contributed by atoms with van der Waals surface area (Å²) in [6.07, 6.45) is -9.02. The van der Waals surface area contributed by atoms with Crippen molar-refractivity contribution in [1.29, 1.82) is 0 Å². The second-order valence-electron chi connectivity index (χ2n) is 12.9. The number of ether oxygens (including phenoxy) is 6. The van der Waals surface area contributed by atoms with Crippen LogP contribution in [0.1, 0.15) is 55.3 Å². The van der Waals surface area contributed by atoms with E-state index in [0.717, 1.165) is 13.8 Å². The molecule has 1 heterocycles. The van der Waals surface area contributed by atoms with Gasteiger partial charge in [0, 0.05) is 13.8 Å². The van der Waals surface area contributed by atoms with Crippen LogP contribution in [0, 0.1) is 0 Å². The zero-order chi connectivity index (χ0) is 44.5. The fraction of sp³-hybridized carbons (Fsp3) is 0.216. The monoisotopic (exact) mass is 844 g/mol. The highest BCUT2D eigenvalue weighted by Gasteiger charge is 2.60. The molecule has 0 aliphatic carbocycles. The number of carbonyl (C=O) groups excluding carboxylic acids is 5. The van der Waals surface area contributed by atoms with Crippen molar-refractivity contribution in [2.75, 3.05) is 6.61 Å². The lowest BCUT2D eigenvalue weighted by Crippen LogP contribution is -2.68. The van der Waals surface area contributed by atoms with Gasteiger partial charge in [0.05, 0.1) is 22.3 Å². The molecule has 5 atom stereocenters. The number of carbonyl (C=O) groups is 5. The van der Waals surface area contributed by atoms with Crippen molar-refractivity contribution >= 4 is 29.8 Å². The minimum atomic E-state index is -2.71. The first-order valence-corrected chi connectivity index (χ1v) is 16.7. The molecule has 318 valence electrons. The predicted octanol–water partition coefficient (Wildman–Crippen LogP) is 1.67. The van der Waals surface area contributed by atoms with Crippen LogP contribution in [0.15, 0.2) is 48.5 Å². The number of benzene rings is 4. The van der Waals surface area contributed by atoms with Crippen molar-refractivity contribution in [3.63, 3.8) is 0 Å². The summed E-state index contributed by atoms with van der Waals surface area (Å²) in [5.41, 5.74) is -2.77. The summed E-state index contributed by atoms with van der Waals surface area (Å²) >= 11 is 0. The number of rotatable bonds is 10. The van der Waals surface area contributed by atoms with Gasteiger partial charge in [-0.3, -0.25) is 4.79 Å². The average Bonchev–Trinajstić information content (AvgIpc) is 3.17. The third kappa shape index (κ3) is 8.69. The standard InChI is InChI=1S/C37H32O23/c1-12(38)59-37(2)32(58-36(54)16-9-23(45)29(50)24(46)10-16)31(57-35(53)15-7-21(43)28(49)22(44)8-15)30(56-34(52)14-5-19(41)27(48)20(42)6-14)25(60-37)11-55-33(51)13-3-17(39)26(47)18(40)4-13/h3-10,25,30-32,39-50H,11H2,1-2H3/t25-,30?,31-,32-,37-/m0/s1. The molecule has 4 aromatic rings.